The summed E-state index contributed by atoms with van der Waals surface area (Å²) in [6.07, 6.45) is 2.50. The molecule has 2 heterocycles. The lowest BCUT2D eigenvalue weighted by Crippen LogP contribution is -2.42. The van der Waals surface area contributed by atoms with Gasteiger partial charge in [0.2, 0.25) is 0 Å². The van der Waals surface area contributed by atoms with Crippen LogP contribution >= 0.6 is 11.3 Å². The van der Waals surface area contributed by atoms with Gasteiger partial charge in [-0.25, -0.2) is 4.79 Å². The number of methoxy groups -OCH3 is 1. The molecule has 0 bridgehead atoms. The van der Waals surface area contributed by atoms with Crippen molar-refractivity contribution in [1.82, 2.24) is 15.5 Å². The highest BCUT2D eigenvalue weighted by molar-refractivity contribution is 7.10. The Labute approximate surface area is 124 Å². The minimum atomic E-state index is -0.122. The SMILES string of the molecule is COCCNC(=O)NCC(c1cccs1)N1CCCC1. The lowest BCUT2D eigenvalue weighted by Gasteiger charge is -2.26. The maximum absolute atomic E-state index is 11.7. The Morgan fingerprint density at radius 1 is 1.45 bits per heavy atom. The number of urea groups is 1. The van der Waals surface area contributed by atoms with Crippen LogP contribution in [0, 0.1) is 0 Å². The molecule has 5 nitrogen and oxygen atoms in total. The fraction of sp³-hybridized carbons (Fsp3) is 0.643. The highest BCUT2D eigenvalue weighted by Crippen LogP contribution is 2.27. The largest absolute Gasteiger partial charge is 0.383 e. The summed E-state index contributed by atoms with van der Waals surface area (Å²) in [5, 5.41) is 7.85. The van der Waals surface area contributed by atoms with Gasteiger partial charge in [-0.15, -0.1) is 11.3 Å². The van der Waals surface area contributed by atoms with Crippen LogP contribution in [0.3, 0.4) is 0 Å². The molecule has 0 spiro atoms. The van der Waals surface area contributed by atoms with Crippen molar-refractivity contribution >= 4 is 17.4 Å². The van der Waals surface area contributed by atoms with E-state index in [4.69, 9.17) is 4.74 Å². The molecule has 0 radical (unpaired) electrons. The van der Waals surface area contributed by atoms with Gasteiger partial charge in [0.25, 0.3) is 0 Å². The normalized spacial score (nSPS) is 17.1. The van der Waals surface area contributed by atoms with Gasteiger partial charge in [0.15, 0.2) is 0 Å². The van der Waals surface area contributed by atoms with Crippen molar-refractivity contribution in [3.8, 4) is 0 Å². The van der Waals surface area contributed by atoms with Crippen molar-refractivity contribution in [2.24, 2.45) is 0 Å². The second kappa shape index (κ2) is 8.24. The minimum Gasteiger partial charge on any atom is -0.383 e. The number of thiophene rings is 1. The van der Waals surface area contributed by atoms with Crippen molar-refractivity contribution in [3.63, 3.8) is 0 Å². The molecule has 1 aliphatic heterocycles. The average Bonchev–Trinajstić information content (AvgIpc) is 3.12. The van der Waals surface area contributed by atoms with Gasteiger partial charge < -0.3 is 15.4 Å². The van der Waals surface area contributed by atoms with Crippen LogP contribution < -0.4 is 10.6 Å². The first-order valence-corrected chi connectivity index (χ1v) is 7.97. The highest BCUT2D eigenvalue weighted by Gasteiger charge is 2.24. The molecule has 112 valence electrons. The van der Waals surface area contributed by atoms with E-state index in [1.165, 1.54) is 17.7 Å². The van der Waals surface area contributed by atoms with E-state index in [9.17, 15) is 4.79 Å². The van der Waals surface area contributed by atoms with E-state index in [1.54, 1.807) is 18.4 Å². The number of carbonyl (C=O) groups is 1. The topological polar surface area (TPSA) is 53.6 Å². The number of nitrogens with zero attached hydrogens (tertiary/aromatic N) is 1. The molecule has 1 aromatic heterocycles. The maximum atomic E-state index is 11.7. The Morgan fingerprint density at radius 2 is 2.25 bits per heavy atom. The van der Waals surface area contributed by atoms with E-state index in [0.717, 1.165) is 13.1 Å². The van der Waals surface area contributed by atoms with Crippen LogP contribution in [0.25, 0.3) is 0 Å². The average molecular weight is 297 g/mol. The molecule has 2 amide bonds. The second-order valence-electron chi connectivity index (χ2n) is 4.90. The molecule has 1 fully saturated rings. The van der Waals surface area contributed by atoms with Crippen LogP contribution in [-0.4, -0.2) is 50.8 Å². The standard InChI is InChI=1S/C14H23N3O2S/c1-19-9-6-15-14(18)16-11-12(13-5-4-10-20-13)17-7-2-3-8-17/h4-5,10,12H,2-3,6-9,11H2,1H3,(H2,15,16,18). The Morgan fingerprint density at radius 3 is 2.90 bits per heavy atom. The molecule has 6 heteroatoms. The second-order valence-corrected chi connectivity index (χ2v) is 5.88. The monoisotopic (exact) mass is 297 g/mol. The number of rotatable bonds is 7. The van der Waals surface area contributed by atoms with Gasteiger partial charge in [-0.3, -0.25) is 4.90 Å². The van der Waals surface area contributed by atoms with Crippen LogP contribution in [0.4, 0.5) is 4.79 Å². The number of amides is 2. The Bertz CT molecular complexity index is 391. The molecule has 0 saturated carbocycles. The summed E-state index contributed by atoms with van der Waals surface area (Å²) in [4.78, 5) is 15.5. The summed E-state index contributed by atoms with van der Waals surface area (Å²) < 4.78 is 4.91. The number of nitrogens with one attached hydrogen (secondary N) is 2. The summed E-state index contributed by atoms with van der Waals surface area (Å²) in [5.41, 5.74) is 0. The zero-order chi connectivity index (χ0) is 14.2. The quantitative estimate of drug-likeness (QED) is 0.755. The van der Waals surface area contributed by atoms with Gasteiger partial charge in [0, 0.05) is 25.1 Å². The first-order chi connectivity index (χ1) is 9.81. The van der Waals surface area contributed by atoms with Gasteiger partial charge in [0.1, 0.15) is 0 Å². The van der Waals surface area contributed by atoms with Crippen molar-refractivity contribution in [1.29, 1.82) is 0 Å². The molecule has 1 aromatic rings. The molecular weight excluding hydrogens is 274 g/mol. The first kappa shape index (κ1) is 15.3. The predicted octanol–water partition coefficient (Wildman–Crippen LogP) is 1.83. The number of carbonyl (C=O) groups excluding carboxylic acids is 1. The summed E-state index contributed by atoms with van der Waals surface area (Å²) in [5.74, 6) is 0. The van der Waals surface area contributed by atoms with Crippen LogP contribution in [0.5, 0.6) is 0 Å². The highest BCUT2D eigenvalue weighted by atomic mass is 32.1. The maximum Gasteiger partial charge on any atom is 0.314 e. The smallest absolute Gasteiger partial charge is 0.314 e. The van der Waals surface area contributed by atoms with Crippen LogP contribution in [0.2, 0.25) is 0 Å². The molecule has 2 N–H and O–H groups in total. The van der Waals surface area contributed by atoms with Crippen molar-refractivity contribution in [3.05, 3.63) is 22.4 Å². The predicted molar refractivity (Wildman–Crippen MR) is 81.1 cm³/mol. The van der Waals surface area contributed by atoms with Gasteiger partial charge in [-0.05, 0) is 37.4 Å². The van der Waals surface area contributed by atoms with Crippen molar-refractivity contribution < 1.29 is 9.53 Å². The van der Waals surface area contributed by atoms with E-state index in [1.807, 2.05) is 0 Å². The number of hydrogen-bond donors (Lipinski definition) is 2. The molecule has 1 unspecified atom stereocenters. The fourth-order valence-corrected chi connectivity index (χ4v) is 3.32. The van der Waals surface area contributed by atoms with E-state index in [2.05, 4.69) is 33.0 Å². The third kappa shape index (κ3) is 4.47. The Balaban J connectivity index is 1.83. The van der Waals surface area contributed by atoms with Gasteiger partial charge in [0.05, 0.1) is 12.6 Å². The summed E-state index contributed by atoms with van der Waals surface area (Å²) >= 11 is 1.76. The summed E-state index contributed by atoms with van der Waals surface area (Å²) in [7, 11) is 1.62. The molecule has 1 aliphatic rings. The van der Waals surface area contributed by atoms with Gasteiger partial charge in [-0.1, -0.05) is 6.07 Å². The fourth-order valence-electron chi connectivity index (χ4n) is 2.46. The molecule has 0 aromatic carbocycles. The van der Waals surface area contributed by atoms with Gasteiger partial charge in [-0.2, -0.15) is 0 Å². The molecule has 2 rings (SSSR count). The van der Waals surface area contributed by atoms with E-state index < -0.39 is 0 Å². The first-order valence-electron chi connectivity index (χ1n) is 7.09. The molecule has 1 atom stereocenters. The summed E-state index contributed by atoms with van der Waals surface area (Å²) in [6.45, 7) is 3.97. The van der Waals surface area contributed by atoms with Crippen LogP contribution in [0.1, 0.15) is 23.8 Å². The molecule has 0 aliphatic carbocycles. The van der Waals surface area contributed by atoms with Crippen LogP contribution in [-0.2, 0) is 4.74 Å². The lowest BCUT2D eigenvalue weighted by molar-refractivity contribution is 0.193. The van der Waals surface area contributed by atoms with Crippen molar-refractivity contribution in [2.75, 3.05) is 39.9 Å². The Hall–Kier alpha value is -1.11. The minimum absolute atomic E-state index is 0.122. The zero-order valence-electron chi connectivity index (χ0n) is 11.9. The number of hydrogen-bond acceptors (Lipinski definition) is 4. The third-order valence-corrected chi connectivity index (χ3v) is 4.47. The van der Waals surface area contributed by atoms with Crippen molar-refractivity contribution in [2.45, 2.75) is 18.9 Å². The van der Waals surface area contributed by atoms with E-state index in [0.29, 0.717) is 25.7 Å². The van der Waals surface area contributed by atoms with Crippen LogP contribution in [0.15, 0.2) is 17.5 Å². The lowest BCUT2D eigenvalue weighted by atomic mass is 10.2. The zero-order valence-corrected chi connectivity index (χ0v) is 12.7. The molecule has 20 heavy (non-hydrogen) atoms. The Kier molecular flexibility index (Phi) is 6.29. The third-order valence-electron chi connectivity index (χ3n) is 3.50. The summed E-state index contributed by atoms with van der Waals surface area (Å²) in [6, 6.07) is 4.40. The van der Waals surface area contributed by atoms with Gasteiger partial charge >= 0.3 is 6.03 Å². The number of ether oxygens (including phenoxy) is 1. The number of likely N-dealkylation sites (tertiary alicyclic amines) is 1. The molecular formula is C14H23N3O2S. The van der Waals surface area contributed by atoms with E-state index >= 15 is 0 Å². The van der Waals surface area contributed by atoms with E-state index in [-0.39, 0.29) is 6.03 Å². The molecule has 1 saturated heterocycles.